The van der Waals surface area contributed by atoms with E-state index >= 15 is 0 Å². The second kappa shape index (κ2) is 7.37. The van der Waals surface area contributed by atoms with Crippen molar-refractivity contribution in [3.63, 3.8) is 0 Å². The number of hydrogen-bond acceptors (Lipinski definition) is 0. The molecule has 0 radical (unpaired) electrons. The second-order valence-electron chi connectivity index (χ2n) is 5.09. The number of alkyl halides is 1. The van der Waals surface area contributed by atoms with Crippen molar-refractivity contribution in [2.75, 3.05) is 5.33 Å². The molecule has 0 aliphatic heterocycles. The summed E-state index contributed by atoms with van der Waals surface area (Å²) in [6.45, 7) is 2.15. The number of aryl methyl sites for hydroxylation is 1. The first-order valence-corrected chi connectivity index (χ1v) is 8.56. The molecule has 0 saturated heterocycles. The van der Waals surface area contributed by atoms with Crippen LogP contribution < -0.4 is 0 Å². The highest BCUT2D eigenvalue weighted by molar-refractivity contribution is 9.10. The Labute approximate surface area is 136 Å². The van der Waals surface area contributed by atoms with Crippen molar-refractivity contribution in [1.29, 1.82) is 0 Å². The van der Waals surface area contributed by atoms with E-state index in [-0.39, 0.29) is 5.82 Å². The fourth-order valence-electron chi connectivity index (χ4n) is 2.33. The summed E-state index contributed by atoms with van der Waals surface area (Å²) in [7, 11) is 0. The average molecular weight is 400 g/mol. The third-order valence-electron chi connectivity index (χ3n) is 3.51. The highest BCUT2D eigenvalue weighted by atomic mass is 79.9. The second-order valence-corrected chi connectivity index (χ2v) is 6.59. The Balaban J connectivity index is 2.11. The van der Waals surface area contributed by atoms with Crippen LogP contribution in [0.15, 0.2) is 46.9 Å². The van der Waals surface area contributed by atoms with E-state index in [0.29, 0.717) is 5.92 Å². The van der Waals surface area contributed by atoms with Crippen LogP contribution in [0.4, 0.5) is 4.39 Å². The molecule has 106 valence electrons. The van der Waals surface area contributed by atoms with Crippen molar-refractivity contribution in [3.8, 4) is 0 Å². The van der Waals surface area contributed by atoms with Gasteiger partial charge in [-0.3, -0.25) is 0 Å². The fraction of sp³-hybridized carbons (Fsp3) is 0.294. The molecule has 0 N–H and O–H groups in total. The maximum Gasteiger partial charge on any atom is 0.124 e. The van der Waals surface area contributed by atoms with Gasteiger partial charge in [0.2, 0.25) is 0 Å². The van der Waals surface area contributed by atoms with Crippen LogP contribution in [0.2, 0.25) is 0 Å². The molecule has 2 aromatic rings. The van der Waals surface area contributed by atoms with Crippen molar-refractivity contribution in [1.82, 2.24) is 0 Å². The van der Waals surface area contributed by atoms with Crippen LogP contribution in [0.25, 0.3) is 0 Å². The van der Waals surface area contributed by atoms with Crippen LogP contribution in [-0.2, 0) is 12.8 Å². The maximum absolute atomic E-state index is 13.1. The van der Waals surface area contributed by atoms with Gasteiger partial charge in [-0.15, -0.1) is 0 Å². The lowest BCUT2D eigenvalue weighted by Gasteiger charge is -2.16. The standard InChI is InChI=1S/C17H17Br2F/c1-12-4-2-3-5-14(12)8-13(11-18)9-15-6-7-16(20)10-17(15)19/h2-7,10,13H,8-9,11H2,1H3. The molecule has 0 aliphatic carbocycles. The summed E-state index contributed by atoms with van der Waals surface area (Å²) in [5, 5.41) is 0.936. The Hall–Kier alpha value is -0.670. The Morgan fingerprint density at radius 2 is 1.75 bits per heavy atom. The quantitative estimate of drug-likeness (QED) is 0.566. The minimum Gasteiger partial charge on any atom is -0.207 e. The minimum absolute atomic E-state index is 0.199. The van der Waals surface area contributed by atoms with E-state index in [0.717, 1.165) is 28.2 Å². The van der Waals surface area contributed by atoms with Crippen LogP contribution in [0.3, 0.4) is 0 Å². The molecule has 1 atom stereocenters. The molecule has 0 nitrogen and oxygen atoms in total. The van der Waals surface area contributed by atoms with Crippen molar-refractivity contribution in [2.45, 2.75) is 19.8 Å². The fourth-order valence-corrected chi connectivity index (χ4v) is 3.30. The maximum atomic E-state index is 13.1. The Morgan fingerprint density at radius 1 is 1.05 bits per heavy atom. The van der Waals surface area contributed by atoms with Crippen molar-refractivity contribution < 1.29 is 4.39 Å². The number of halogens is 3. The van der Waals surface area contributed by atoms with Gasteiger partial charge in [0.1, 0.15) is 5.82 Å². The van der Waals surface area contributed by atoms with Gasteiger partial charge in [0.15, 0.2) is 0 Å². The summed E-state index contributed by atoms with van der Waals surface area (Å²) in [6, 6.07) is 13.4. The molecule has 0 aromatic heterocycles. The molecule has 20 heavy (non-hydrogen) atoms. The first kappa shape index (κ1) is 15.7. The monoisotopic (exact) mass is 398 g/mol. The lowest BCUT2D eigenvalue weighted by molar-refractivity contribution is 0.584. The highest BCUT2D eigenvalue weighted by Gasteiger charge is 2.13. The smallest absolute Gasteiger partial charge is 0.124 e. The first-order valence-electron chi connectivity index (χ1n) is 6.64. The lowest BCUT2D eigenvalue weighted by Crippen LogP contribution is -2.11. The predicted octanol–water partition coefficient (Wildman–Crippen LogP) is 5.69. The summed E-state index contributed by atoms with van der Waals surface area (Å²) in [6.07, 6.45) is 1.96. The SMILES string of the molecule is Cc1ccccc1CC(CBr)Cc1ccc(F)cc1Br. The van der Waals surface area contributed by atoms with E-state index < -0.39 is 0 Å². The molecule has 1 unspecified atom stereocenters. The number of rotatable bonds is 5. The summed E-state index contributed by atoms with van der Waals surface area (Å²) >= 11 is 7.05. The molecule has 3 heteroatoms. The molecule has 2 aromatic carbocycles. The number of benzene rings is 2. The Bertz CT molecular complexity index is 581. The topological polar surface area (TPSA) is 0 Å². The molecule has 0 spiro atoms. The molecule has 0 bridgehead atoms. The molecule has 0 saturated carbocycles. The zero-order valence-corrected chi connectivity index (χ0v) is 14.5. The Kier molecular flexibility index (Phi) is 5.79. The van der Waals surface area contributed by atoms with Gasteiger partial charge in [-0.2, -0.15) is 0 Å². The molecule has 2 rings (SSSR count). The van der Waals surface area contributed by atoms with Crippen LogP contribution >= 0.6 is 31.9 Å². The van der Waals surface area contributed by atoms with E-state index in [1.54, 1.807) is 0 Å². The average Bonchev–Trinajstić information content (AvgIpc) is 2.43. The van der Waals surface area contributed by atoms with Gasteiger partial charge in [0.25, 0.3) is 0 Å². The van der Waals surface area contributed by atoms with E-state index in [1.807, 2.05) is 6.07 Å². The molecule has 0 heterocycles. The lowest BCUT2D eigenvalue weighted by atomic mass is 9.92. The van der Waals surface area contributed by atoms with Gasteiger partial charge >= 0.3 is 0 Å². The third kappa shape index (κ3) is 4.16. The molecular weight excluding hydrogens is 383 g/mol. The third-order valence-corrected chi connectivity index (χ3v) is 5.17. The van der Waals surface area contributed by atoms with E-state index in [2.05, 4.69) is 63.0 Å². The van der Waals surface area contributed by atoms with E-state index in [1.165, 1.54) is 23.3 Å². The largest absolute Gasteiger partial charge is 0.207 e. The molecule has 0 amide bonds. The van der Waals surface area contributed by atoms with Crippen LogP contribution in [0.1, 0.15) is 16.7 Å². The summed E-state index contributed by atoms with van der Waals surface area (Å²) in [5.74, 6) is 0.299. The summed E-state index contributed by atoms with van der Waals surface area (Å²) < 4.78 is 14.0. The van der Waals surface area contributed by atoms with Crippen LogP contribution in [0, 0.1) is 18.7 Å². The van der Waals surface area contributed by atoms with Gasteiger partial charge in [0, 0.05) is 9.80 Å². The Morgan fingerprint density at radius 3 is 2.40 bits per heavy atom. The first-order chi connectivity index (χ1) is 9.60. The molecule has 0 aliphatic rings. The van der Waals surface area contributed by atoms with Crippen molar-refractivity contribution in [3.05, 3.63) is 69.4 Å². The van der Waals surface area contributed by atoms with Crippen molar-refractivity contribution in [2.24, 2.45) is 5.92 Å². The van der Waals surface area contributed by atoms with Gasteiger partial charge < -0.3 is 0 Å². The zero-order chi connectivity index (χ0) is 14.5. The van der Waals surface area contributed by atoms with E-state index in [4.69, 9.17) is 0 Å². The summed E-state index contributed by atoms with van der Waals surface area (Å²) in [4.78, 5) is 0. The van der Waals surface area contributed by atoms with Gasteiger partial charge in [-0.1, -0.05) is 62.2 Å². The van der Waals surface area contributed by atoms with Gasteiger partial charge in [-0.25, -0.2) is 4.39 Å². The minimum atomic E-state index is -0.199. The highest BCUT2D eigenvalue weighted by Crippen LogP contribution is 2.24. The zero-order valence-electron chi connectivity index (χ0n) is 11.4. The van der Waals surface area contributed by atoms with Crippen LogP contribution in [0.5, 0.6) is 0 Å². The van der Waals surface area contributed by atoms with Crippen LogP contribution in [-0.4, -0.2) is 5.33 Å². The van der Waals surface area contributed by atoms with E-state index in [9.17, 15) is 4.39 Å². The predicted molar refractivity (Wildman–Crippen MR) is 90.0 cm³/mol. The molecular formula is C17H17Br2F. The number of hydrogen-bond donors (Lipinski definition) is 0. The van der Waals surface area contributed by atoms with Gasteiger partial charge in [0.05, 0.1) is 0 Å². The summed E-state index contributed by atoms with van der Waals surface area (Å²) in [5.41, 5.74) is 3.87. The molecule has 0 fully saturated rings. The van der Waals surface area contributed by atoms with Crippen molar-refractivity contribution >= 4 is 31.9 Å². The normalized spacial score (nSPS) is 12.4. The van der Waals surface area contributed by atoms with Gasteiger partial charge in [-0.05, 0) is 54.5 Å².